The topological polar surface area (TPSA) is 52.2 Å². The minimum atomic E-state index is -0.406. The molecule has 5 rings (SSSR count). The van der Waals surface area contributed by atoms with Crippen LogP contribution in [0.25, 0.3) is 33.1 Å². The van der Waals surface area contributed by atoms with Crippen LogP contribution in [-0.4, -0.2) is 21.6 Å². The van der Waals surface area contributed by atoms with Gasteiger partial charge in [-0.3, -0.25) is 4.79 Å². The average molecular weight is 396 g/mol. The predicted molar refractivity (Wildman–Crippen MR) is 118 cm³/mol. The van der Waals surface area contributed by atoms with Crippen molar-refractivity contribution >= 4 is 27.8 Å². The molecule has 5 aromatic rings. The lowest BCUT2D eigenvalue weighted by molar-refractivity contribution is 0.0529. The lowest BCUT2D eigenvalue weighted by Crippen LogP contribution is -2.18. The summed E-state index contributed by atoms with van der Waals surface area (Å²) in [5.41, 5.74) is 4.34. The van der Waals surface area contributed by atoms with Crippen LogP contribution in [0.15, 0.2) is 77.6 Å². The van der Waals surface area contributed by atoms with E-state index >= 15 is 0 Å². The zero-order valence-electron chi connectivity index (χ0n) is 16.8. The zero-order valence-corrected chi connectivity index (χ0v) is 16.8. The largest absolute Gasteiger partial charge is 0.462 e. The molecule has 0 atom stereocenters. The molecule has 0 bridgehead atoms. The molecule has 5 heteroatoms. The van der Waals surface area contributed by atoms with Crippen molar-refractivity contribution in [2.24, 2.45) is 0 Å². The van der Waals surface area contributed by atoms with Crippen molar-refractivity contribution in [3.05, 3.63) is 94.3 Å². The number of rotatable bonds is 3. The Balaban J connectivity index is 2.11. The molecule has 148 valence electrons. The van der Waals surface area contributed by atoms with Crippen LogP contribution in [-0.2, 0) is 4.74 Å². The molecule has 0 saturated heterocycles. The summed E-state index contributed by atoms with van der Waals surface area (Å²) in [5, 5.41) is 1.28. The molecule has 0 N–H and O–H groups in total. The molecule has 0 fully saturated rings. The first-order valence-electron chi connectivity index (χ1n) is 9.93. The Labute approximate surface area is 172 Å². The zero-order chi connectivity index (χ0) is 20.8. The van der Waals surface area contributed by atoms with Crippen LogP contribution in [0.3, 0.4) is 0 Å². The third kappa shape index (κ3) is 2.55. The molecule has 2 aromatic heterocycles. The highest BCUT2D eigenvalue weighted by molar-refractivity contribution is 6.09. The Kier molecular flexibility index (Phi) is 4.17. The third-order valence-electron chi connectivity index (χ3n) is 5.41. The van der Waals surface area contributed by atoms with Gasteiger partial charge in [0, 0.05) is 10.9 Å². The number of hydrogen-bond acceptors (Lipinski definition) is 3. The van der Waals surface area contributed by atoms with Crippen molar-refractivity contribution in [3.8, 4) is 11.3 Å². The number of ether oxygens (including phenoxy) is 1. The van der Waals surface area contributed by atoms with Gasteiger partial charge in [-0.2, -0.15) is 0 Å². The highest BCUT2D eigenvalue weighted by Gasteiger charge is 2.25. The van der Waals surface area contributed by atoms with E-state index in [2.05, 4.69) is 0 Å². The summed E-state index contributed by atoms with van der Waals surface area (Å²) in [6, 6.07) is 22.9. The van der Waals surface area contributed by atoms with Crippen LogP contribution in [0, 0.1) is 6.92 Å². The van der Waals surface area contributed by atoms with E-state index in [-0.39, 0.29) is 12.2 Å². The highest BCUT2D eigenvalue weighted by atomic mass is 16.5. The summed E-state index contributed by atoms with van der Waals surface area (Å²) >= 11 is 0. The molecular weight excluding hydrogens is 376 g/mol. The van der Waals surface area contributed by atoms with Crippen molar-refractivity contribution in [3.63, 3.8) is 0 Å². The monoisotopic (exact) mass is 396 g/mol. The second-order valence-corrected chi connectivity index (χ2v) is 7.27. The number of fused-ring (bicyclic) bond motifs is 5. The van der Waals surface area contributed by atoms with Crippen LogP contribution in [0.4, 0.5) is 0 Å². The maximum atomic E-state index is 13.4. The summed E-state index contributed by atoms with van der Waals surface area (Å²) in [7, 11) is 0. The van der Waals surface area contributed by atoms with Crippen LogP contribution < -0.4 is 5.56 Å². The molecule has 0 aliphatic rings. The van der Waals surface area contributed by atoms with E-state index in [0.717, 1.165) is 16.6 Å². The van der Waals surface area contributed by atoms with Crippen molar-refractivity contribution in [2.45, 2.75) is 13.8 Å². The SMILES string of the molecule is CCOC(=O)c1c(-c2ccc(C)cc2)n2c3ccccc3c(=O)n2c2ccccc12. The fourth-order valence-corrected chi connectivity index (χ4v) is 4.08. The first-order valence-corrected chi connectivity index (χ1v) is 9.93. The van der Waals surface area contributed by atoms with Crippen molar-refractivity contribution in [1.82, 2.24) is 9.03 Å². The summed E-state index contributed by atoms with van der Waals surface area (Å²) in [4.78, 5) is 26.6. The van der Waals surface area contributed by atoms with E-state index in [1.54, 1.807) is 11.4 Å². The fourth-order valence-electron chi connectivity index (χ4n) is 4.08. The van der Waals surface area contributed by atoms with Crippen molar-refractivity contribution in [2.75, 3.05) is 6.61 Å². The number of esters is 1. The Morgan fingerprint density at radius 3 is 2.10 bits per heavy atom. The van der Waals surface area contributed by atoms with E-state index in [0.29, 0.717) is 27.5 Å². The molecule has 0 aliphatic heterocycles. The van der Waals surface area contributed by atoms with Gasteiger partial charge in [-0.05, 0) is 32.0 Å². The van der Waals surface area contributed by atoms with Gasteiger partial charge in [0.15, 0.2) is 0 Å². The van der Waals surface area contributed by atoms with Gasteiger partial charge in [0.05, 0.1) is 34.3 Å². The predicted octanol–water partition coefficient (Wildman–Crippen LogP) is 4.86. The van der Waals surface area contributed by atoms with E-state index in [1.807, 2.05) is 84.2 Å². The van der Waals surface area contributed by atoms with E-state index in [9.17, 15) is 9.59 Å². The van der Waals surface area contributed by atoms with Gasteiger partial charge < -0.3 is 4.74 Å². The van der Waals surface area contributed by atoms with E-state index < -0.39 is 5.97 Å². The minimum Gasteiger partial charge on any atom is -0.462 e. The Morgan fingerprint density at radius 1 is 0.833 bits per heavy atom. The lowest BCUT2D eigenvalue weighted by atomic mass is 10.0. The molecule has 5 nitrogen and oxygen atoms in total. The fraction of sp³-hybridized carbons (Fsp3) is 0.120. The number of carbonyl (C=O) groups excluding carboxylic acids is 1. The van der Waals surface area contributed by atoms with Gasteiger partial charge in [-0.1, -0.05) is 60.2 Å². The average Bonchev–Trinajstić information content (AvgIpc) is 3.07. The summed E-state index contributed by atoms with van der Waals surface area (Å²) < 4.78 is 8.94. The quantitative estimate of drug-likeness (QED) is 0.409. The molecule has 3 aromatic carbocycles. The summed E-state index contributed by atoms with van der Waals surface area (Å²) in [6.07, 6.45) is 0. The van der Waals surface area contributed by atoms with Gasteiger partial charge in [0.2, 0.25) is 0 Å². The molecule has 0 radical (unpaired) electrons. The maximum Gasteiger partial charge on any atom is 0.341 e. The lowest BCUT2D eigenvalue weighted by Gasteiger charge is -2.17. The van der Waals surface area contributed by atoms with Crippen LogP contribution in [0.1, 0.15) is 22.8 Å². The summed E-state index contributed by atoms with van der Waals surface area (Å²) in [6.45, 7) is 4.08. The highest BCUT2D eigenvalue weighted by Crippen LogP contribution is 2.32. The molecule has 0 unspecified atom stereocenters. The maximum absolute atomic E-state index is 13.4. The Morgan fingerprint density at radius 2 is 1.43 bits per heavy atom. The van der Waals surface area contributed by atoms with Gasteiger partial charge >= 0.3 is 5.97 Å². The molecule has 0 aliphatic carbocycles. The number of benzene rings is 3. The molecule has 0 spiro atoms. The van der Waals surface area contributed by atoms with Gasteiger partial charge in [-0.25, -0.2) is 13.8 Å². The minimum absolute atomic E-state index is 0.120. The third-order valence-corrected chi connectivity index (χ3v) is 5.41. The normalized spacial score (nSPS) is 11.4. The van der Waals surface area contributed by atoms with Crippen LogP contribution in [0.5, 0.6) is 0 Å². The van der Waals surface area contributed by atoms with Crippen LogP contribution in [0.2, 0.25) is 0 Å². The van der Waals surface area contributed by atoms with Gasteiger partial charge in [-0.15, -0.1) is 0 Å². The molecule has 30 heavy (non-hydrogen) atoms. The number of hydrogen-bond donors (Lipinski definition) is 0. The molecular formula is C25H20N2O3. The first-order chi connectivity index (χ1) is 14.6. The Bertz CT molecular complexity index is 1490. The number of aryl methyl sites for hydroxylation is 1. The smallest absolute Gasteiger partial charge is 0.341 e. The van der Waals surface area contributed by atoms with Gasteiger partial charge in [0.25, 0.3) is 5.56 Å². The second kappa shape index (κ2) is 6.88. The number of aromatic nitrogens is 2. The summed E-state index contributed by atoms with van der Waals surface area (Å²) in [5.74, 6) is -0.406. The molecule has 0 amide bonds. The van der Waals surface area contributed by atoms with Crippen molar-refractivity contribution in [1.29, 1.82) is 0 Å². The molecule has 2 heterocycles. The standard InChI is InChI=1S/C25H20N2O3/c1-3-30-25(29)22-18-8-4-6-10-20(18)27-24(28)19-9-5-7-11-21(19)26(27)23(22)17-14-12-16(2)13-15-17/h4-15H,3H2,1-2H3. The van der Waals surface area contributed by atoms with Crippen LogP contribution >= 0.6 is 0 Å². The van der Waals surface area contributed by atoms with E-state index in [4.69, 9.17) is 4.74 Å². The van der Waals surface area contributed by atoms with Crippen molar-refractivity contribution < 1.29 is 9.53 Å². The Hall–Kier alpha value is -3.86. The van der Waals surface area contributed by atoms with Gasteiger partial charge in [0.1, 0.15) is 0 Å². The number of nitrogens with zero attached hydrogens (tertiary/aromatic N) is 2. The second-order valence-electron chi connectivity index (χ2n) is 7.27. The van der Waals surface area contributed by atoms with E-state index in [1.165, 1.54) is 0 Å². The first kappa shape index (κ1) is 18.2. The number of carbonyl (C=O) groups is 1. The molecule has 0 saturated carbocycles. The number of para-hydroxylation sites is 2.